The highest BCUT2D eigenvalue weighted by atomic mass is 32.2. The van der Waals surface area contributed by atoms with E-state index in [2.05, 4.69) is 4.98 Å². The average Bonchev–Trinajstić information content (AvgIpc) is 3.36. The van der Waals surface area contributed by atoms with Gasteiger partial charge in [-0.15, -0.1) is 11.3 Å². The van der Waals surface area contributed by atoms with Gasteiger partial charge in [-0.3, -0.25) is 0 Å². The van der Waals surface area contributed by atoms with E-state index >= 15 is 0 Å². The number of nitrogens with two attached hydrogens (primary N) is 1. The first-order valence-electron chi connectivity index (χ1n) is 11.0. The normalized spacial score (nSPS) is 13.8. The second-order valence-electron chi connectivity index (χ2n) is 8.65. The zero-order chi connectivity index (χ0) is 25.6. The van der Waals surface area contributed by atoms with Crippen molar-refractivity contribution in [2.45, 2.75) is 30.6 Å². The molecule has 1 fully saturated rings. The highest BCUT2D eigenvalue weighted by molar-refractivity contribution is 7.89. The smallest absolute Gasteiger partial charge is 0.355 e. The van der Waals surface area contributed by atoms with Gasteiger partial charge in [0.2, 0.25) is 15.2 Å². The van der Waals surface area contributed by atoms with E-state index in [1.54, 1.807) is 16.8 Å². The number of benzene rings is 2. The molecule has 2 aromatic heterocycles. The number of aromatic nitrogens is 3. The van der Waals surface area contributed by atoms with Crippen LogP contribution in [0.4, 0.5) is 8.78 Å². The van der Waals surface area contributed by atoms with Crippen LogP contribution in [0.25, 0.3) is 16.4 Å². The molecule has 186 valence electrons. The van der Waals surface area contributed by atoms with Gasteiger partial charge in [-0.05, 0) is 55.0 Å². The lowest BCUT2D eigenvalue weighted by molar-refractivity contribution is 0.0691. The molecule has 5 rings (SSSR count). The van der Waals surface area contributed by atoms with Gasteiger partial charge in [-0.2, -0.15) is 5.10 Å². The number of primary sulfonamides is 1. The van der Waals surface area contributed by atoms with Crippen molar-refractivity contribution in [3.8, 4) is 16.4 Å². The lowest BCUT2D eigenvalue weighted by atomic mass is 9.97. The van der Waals surface area contributed by atoms with Crippen molar-refractivity contribution in [3.05, 3.63) is 82.0 Å². The van der Waals surface area contributed by atoms with E-state index in [-0.39, 0.29) is 12.1 Å². The van der Waals surface area contributed by atoms with E-state index in [1.165, 1.54) is 23.6 Å². The number of carboxylic acid groups (broad SMARTS) is 1. The number of carbonyl (C=O) groups is 1. The van der Waals surface area contributed by atoms with Gasteiger partial charge in [0.1, 0.15) is 16.5 Å². The Kier molecular flexibility index (Phi) is 6.18. The summed E-state index contributed by atoms with van der Waals surface area (Å²) in [5.41, 5.74) is 2.77. The fourth-order valence-electron chi connectivity index (χ4n) is 4.05. The minimum Gasteiger partial charge on any atom is -0.476 e. The summed E-state index contributed by atoms with van der Waals surface area (Å²) in [4.78, 5) is 15.0. The molecule has 3 N–H and O–H groups in total. The summed E-state index contributed by atoms with van der Waals surface area (Å²) < 4.78 is 53.6. The van der Waals surface area contributed by atoms with Gasteiger partial charge in [0.25, 0.3) is 0 Å². The molecule has 12 heteroatoms. The quantitative estimate of drug-likeness (QED) is 0.352. The Morgan fingerprint density at radius 3 is 2.58 bits per heavy atom. The van der Waals surface area contributed by atoms with Crippen LogP contribution < -0.4 is 5.14 Å². The monoisotopic (exact) mass is 530 g/mol. The van der Waals surface area contributed by atoms with Gasteiger partial charge < -0.3 is 5.11 Å². The van der Waals surface area contributed by atoms with Gasteiger partial charge in [0, 0.05) is 22.9 Å². The van der Waals surface area contributed by atoms with E-state index in [4.69, 9.17) is 10.2 Å². The lowest BCUT2D eigenvalue weighted by Crippen LogP contribution is -2.14. The van der Waals surface area contributed by atoms with Crippen LogP contribution in [0.2, 0.25) is 0 Å². The molecule has 0 saturated heterocycles. The summed E-state index contributed by atoms with van der Waals surface area (Å²) in [6.07, 6.45) is 2.84. The summed E-state index contributed by atoms with van der Waals surface area (Å²) in [6, 6.07) is 9.61. The highest BCUT2D eigenvalue weighted by Crippen LogP contribution is 2.38. The van der Waals surface area contributed by atoms with Crippen molar-refractivity contribution in [3.63, 3.8) is 0 Å². The molecule has 0 aliphatic heterocycles. The topological polar surface area (TPSA) is 128 Å². The Labute approximate surface area is 209 Å². The zero-order valence-electron chi connectivity index (χ0n) is 18.7. The molecule has 0 amide bonds. The van der Waals surface area contributed by atoms with Crippen molar-refractivity contribution in [2.24, 2.45) is 11.1 Å². The van der Waals surface area contributed by atoms with E-state index in [0.717, 1.165) is 42.0 Å². The van der Waals surface area contributed by atoms with Crippen molar-refractivity contribution in [2.75, 3.05) is 0 Å². The second kappa shape index (κ2) is 9.19. The first-order chi connectivity index (χ1) is 17.1. The molecule has 0 bridgehead atoms. The maximum Gasteiger partial charge on any atom is 0.355 e. The molecule has 36 heavy (non-hydrogen) atoms. The Morgan fingerprint density at radius 2 is 1.97 bits per heavy atom. The van der Waals surface area contributed by atoms with Crippen LogP contribution in [0.15, 0.2) is 52.7 Å². The molecule has 0 atom stereocenters. The maximum atomic E-state index is 14.6. The van der Waals surface area contributed by atoms with Crippen LogP contribution in [0, 0.1) is 17.6 Å². The van der Waals surface area contributed by atoms with E-state index in [1.807, 2.05) is 0 Å². The van der Waals surface area contributed by atoms with Gasteiger partial charge in [0.15, 0.2) is 5.69 Å². The fraction of sp³-hybridized carbons (Fsp3) is 0.208. The van der Waals surface area contributed by atoms with Crippen molar-refractivity contribution in [1.82, 2.24) is 14.8 Å². The van der Waals surface area contributed by atoms with Gasteiger partial charge in [-0.25, -0.2) is 36.8 Å². The third-order valence-corrected chi connectivity index (χ3v) is 7.70. The summed E-state index contributed by atoms with van der Waals surface area (Å²) in [6.45, 7) is 0. The third kappa shape index (κ3) is 4.92. The summed E-state index contributed by atoms with van der Waals surface area (Å²) in [7, 11) is -4.22. The first kappa shape index (κ1) is 24.2. The highest BCUT2D eigenvalue weighted by Gasteiger charge is 2.29. The van der Waals surface area contributed by atoms with Crippen LogP contribution in [0.5, 0.6) is 0 Å². The van der Waals surface area contributed by atoms with Crippen molar-refractivity contribution < 1.29 is 27.1 Å². The average molecular weight is 531 g/mol. The molecule has 1 aliphatic carbocycles. The lowest BCUT2D eigenvalue weighted by Gasteiger charge is -2.10. The molecule has 0 unspecified atom stereocenters. The Bertz CT molecular complexity index is 1590. The Balaban J connectivity index is 1.68. The predicted molar refractivity (Wildman–Crippen MR) is 129 cm³/mol. The van der Waals surface area contributed by atoms with E-state index < -0.39 is 32.5 Å². The largest absolute Gasteiger partial charge is 0.476 e. The van der Waals surface area contributed by atoms with E-state index in [9.17, 15) is 27.1 Å². The van der Waals surface area contributed by atoms with Gasteiger partial charge in [0.05, 0.1) is 11.4 Å². The number of halogens is 2. The molecule has 1 aliphatic rings. The number of hydrogen-bond acceptors (Lipinski definition) is 6. The minimum atomic E-state index is -4.22. The fourth-order valence-corrected chi connectivity index (χ4v) is 5.41. The number of carboxylic acids is 1. The van der Waals surface area contributed by atoms with E-state index in [0.29, 0.717) is 39.9 Å². The summed E-state index contributed by atoms with van der Waals surface area (Å²) >= 11 is 1.12. The molecule has 0 radical (unpaired) electrons. The molecule has 2 heterocycles. The standard InChI is InChI=1S/C24H20F2N4O4S2/c25-16-3-1-2-15(11-16)22-17(8-14-6-7-21(18(26)9-14)36(27,33)34)20(10-13-4-5-13)30(29-22)24-28-19(12-35-24)23(31)32/h1-3,6-7,9,11-13H,4-5,8,10H2,(H,31,32)(H2,27,33,34). The minimum absolute atomic E-state index is 0.114. The molecule has 0 spiro atoms. The number of hydrogen-bond donors (Lipinski definition) is 2. The Hall–Kier alpha value is -3.48. The molecule has 4 aromatic rings. The van der Waals surface area contributed by atoms with Crippen LogP contribution >= 0.6 is 11.3 Å². The molecule has 1 saturated carbocycles. The van der Waals surface area contributed by atoms with Crippen LogP contribution in [0.1, 0.15) is 40.2 Å². The molecular formula is C24H20F2N4O4S2. The summed E-state index contributed by atoms with van der Waals surface area (Å²) in [5.74, 6) is -2.18. The van der Waals surface area contributed by atoms with Crippen molar-refractivity contribution in [1.29, 1.82) is 0 Å². The molecule has 2 aromatic carbocycles. The third-order valence-electron chi connectivity index (χ3n) is 5.94. The van der Waals surface area contributed by atoms with Crippen LogP contribution in [-0.4, -0.2) is 34.3 Å². The van der Waals surface area contributed by atoms with Gasteiger partial charge >= 0.3 is 5.97 Å². The molecular weight excluding hydrogens is 510 g/mol. The van der Waals surface area contributed by atoms with Gasteiger partial charge in [-0.1, -0.05) is 18.2 Å². The van der Waals surface area contributed by atoms with Crippen LogP contribution in [0.3, 0.4) is 0 Å². The predicted octanol–water partition coefficient (Wildman–Crippen LogP) is 4.16. The maximum absolute atomic E-state index is 14.6. The number of rotatable bonds is 8. The van der Waals surface area contributed by atoms with Crippen LogP contribution in [-0.2, 0) is 22.9 Å². The number of thiazole rings is 1. The SMILES string of the molecule is NS(=O)(=O)c1ccc(Cc2c(-c3cccc(F)c3)nn(-c3nc(C(=O)O)cs3)c2CC2CC2)cc1F. The first-order valence-corrected chi connectivity index (χ1v) is 13.4. The zero-order valence-corrected chi connectivity index (χ0v) is 20.3. The molecule has 8 nitrogen and oxygen atoms in total. The number of sulfonamides is 1. The Morgan fingerprint density at radius 1 is 1.19 bits per heavy atom. The number of aromatic carboxylic acids is 1. The van der Waals surface area contributed by atoms with Crippen molar-refractivity contribution >= 4 is 27.3 Å². The summed E-state index contributed by atoms with van der Waals surface area (Å²) in [5, 5.41) is 20.9. The number of nitrogens with zero attached hydrogens (tertiary/aromatic N) is 3. The second-order valence-corrected chi connectivity index (χ2v) is 11.0.